The van der Waals surface area contributed by atoms with E-state index >= 15 is 0 Å². The molecule has 4 aromatic rings. The van der Waals surface area contributed by atoms with Gasteiger partial charge in [0.15, 0.2) is 5.65 Å². The van der Waals surface area contributed by atoms with E-state index in [-0.39, 0.29) is 0 Å². The Labute approximate surface area is 184 Å². The van der Waals surface area contributed by atoms with Crippen LogP contribution in [-0.4, -0.2) is 19.1 Å². The van der Waals surface area contributed by atoms with Crippen molar-refractivity contribution in [3.8, 4) is 17.3 Å². The van der Waals surface area contributed by atoms with Crippen molar-refractivity contribution in [3.63, 3.8) is 0 Å². The van der Waals surface area contributed by atoms with Gasteiger partial charge in [0.1, 0.15) is 17.4 Å². The smallest absolute Gasteiger partial charge is 0.160 e. The zero-order chi connectivity index (χ0) is 22.1. The molecule has 3 heterocycles. The maximum atomic E-state index is 9.58. The van der Waals surface area contributed by atoms with E-state index in [4.69, 9.17) is 9.97 Å². The van der Waals surface area contributed by atoms with Crippen LogP contribution in [0.1, 0.15) is 54.2 Å². The first-order chi connectivity index (χ1) is 15.0. The molecule has 3 aromatic heterocycles. The fourth-order valence-corrected chi connectivity index (χ4v) is 4.46. The molecule has 0 radical (unpaired) electrons. The topological polar surface area (TPSA) is 59.4 Å². The largest absolute Gasteiger partial charge is 0.344 e. The van der Waals surface area contributed by atoms with E-state index < -0.39 is 0 Å². The Morgan fingerprint density at radius 1 is 0.968 bits per heavy atom. The van der Waals surface area contributed by atoms with Crippen molar-refractivity contribution in [1.82, 2.24) is 19.1 Å². The highest BCUT2D eigenvalue weighted by Gasteiger charge is 2.16. The molecule has 5 nitrogen and oxygen atoms in total. The summed E-state index contributed by atoms with van der Waals surface area (Å²) in [6, 6.07) is 15.0. The molecule has 0 bridgehead atoms. The molecular weight excluding hydrogens is 382 g/mol. The molecule has 0 saturated heterocycles. The van der Waals surface area contributed by atoms with Gasteiger partial charge in [-0.15, -0.1) is 0 Å². The number of nitrogens with zero attached hydrogens (tertiary/aromatic N) is 5. The van der Waals surface area contributed by atoms with Crippen LogP contribution in [0.5, 0.6) is 0 Å². The van der Waals surface area contributed by atoms with Gasteiger partial charge < -0.3 is 9.13 Å². The second-order valence-electron chi connectivity index (χ2n) is 8.22. The first-order valence-electron chi connectivity index (χ1n) is 11.0. The van der Waals surface area contributed by atoms with E-state index in [1.54, 1.807) is 0 Å². The fraction of sp³-hybridized carbons (Fsp3) is 0.346. The van der Waals surface area contributed by atoms with Crippen LogP contribution in [0, 0.1) is 32.1 Å². The second-order valence-corrected chi connectivity index (χ2v) is 8.22. The minimum Gasteiger partial charge on any atom is -0.344 e. The molecule has 0 aliphatic heterocycles. The monoisotopic (exact) mass is 411 g/mol. The lowest BCUT2D eigenvalue weighted by atomic mass is 10.1. The molecule has 4 rings (SSSR count). The van der Waals surface area contributed by atoms with Crippen molar-refractivity contribution in [3.05, 3.63) is 70.3 Å². The van der Waals surface area contributed by atoms with Gasteiger partial charge in [0, 0.05) is 24.4 Å². The van der Waals surface area contributed by atoms with Gasteiger partial charge in [-0.3, -0.25) is 0 Å². The number of fused-ring (bicyclic) bond motifs is 1. The van der Waals surface area contributed by atoms with Crippen LogP contribution in [-0.2, 0) is 19.5 Å². The average Bonchev–Trinajstić information content (AvgIpc) is 3.26. The van der Waals surface area contributed by atoms with Gasteiger partial charge >= 0.3 is 0 Å². The van der Waals surface area contributed by atoms with Crippen LogP contribution in [0.4, 0.5) is 0 Å². The number of hydrogen-bond acceptors (Lipinski definition) is 3. The first kappa shape index (κ1) is 20.9. The summed E-state index contributed by atoms with van der Waals surface area (Å²) in [5, 5.41) is 9.58. The van der Waals surface area contributed by atoms with E-state index in [9.17, 15) is 5.26 Å². The SMILES string of the molecule is CCCc1nc2c(C)cc(C)nc2n1Cc1ccc(-c2c(C#N)cc(C)n2CC)cc1. The number of imidazole rings is 1. The molecule has 0 N–H and O–H groups in total. The molecular formula is C26H29N5. The quantitative estimate of drug-likeness (QED) is 0.408. The molecule has 0 spiro atoms. The number of pyridine rings is 1. The van der Waals surface area contributed by atoms with E-state index in [1.807, 2.05) is 13.0 Å². The van der Waals surface area contributed by atoms with Crippen molar-refractivity contribution >= 4 is 11.2 Å². The summed E-state index contributed by atoms with van der Waals surface area (Å²) in [7, 11) is 0. The number of nitriles is 1. The number of benzene rings is 1. The lowest BCUT2D eigenvalue weighted by Gasteiger charge is -2.12. The molecule has 0 fully saturated rings. The fourth-order valence-electron chi connectivity index (χ4n) is 4.46. The van der Waals surface area contributed by atoms with Crippen molar-refractivity contribution in [2.45, 2.75) is 60.5 Å². The molecule has 0 saturated carbocycles. The molecule has 0 aliphatic carbocycles. The van der Waals surface area contributed by atoms with Crippen LogP contribution >= 0.6 is 0 Å². The number of aromatic nitrogens is 4. The lowest BCUT2D eigenvalue weighted by molar-refractivity contribution is 0.716. The first-order valence-corrected chi connectivity index (χ1v) is 11.0. The normalized spacial score (nSPS) is 11.2. The van der Waals surface area contributed by atoms with Crippen LogP contribution in [0.25, 0.3) is 22.4 Å². The molecule has 0 unspecified atom stereocenters. The van der Waals surface area contributed by atoms with Gasteiger partial charge in [0.25, 0.3) is 0 Å². The molecule has 158 valence electrons. The van der Waals surface area contributed by atoms with Gasteiger partial charge in [-0.25, -0.2) is 9.97 Å². The van der Waals surface area contributed by atoms with Crippen molar-refractivity contribution in [2.24, 2.45) is 0 Å². The minimum atomic E-state index is 0.730. The molecule has 5 heteroatoms. The second kappa shape index (κ2) is 8.39. The predicted molar refractivity (Wildman–Crippen MR) is 125 cm³/mol. The summed E-state index contributed by atoms with van der Waals surface area (Å²) in [5.74, 6) is 1.09. The number of rotatable bonds is 6. The molecule has 0 aliphatic rings. The summed E-state index contributed by atoms with van der Waals surface area (Å²) in [6.07, 6.45) is 1.98. The molecule has 1 aromatic carbocycles. The highest BCUT2D eigenvalue weighted by atomic mass is 15.1. The van der Waals surface area contributed by atoms with E-state index in [2.05, 4.69) is 73.2 Å². The van der Waals surface area contributed by atoms with Crippen LogP contribution in [0.15, 0.2) is 36.4 Å². The van der Waals surface area contributed by atoms with E-state index in [0.717, 1.165) is 71.1 Å². The maximum absolute atomic E-state index is 9.58. The Balaban J connectivity index is 1.74. The van der Waals surface area contributed by atoms with Gasteiger partial charge in [-0.1, -0.05) is 31.2 Å². The zero-order valence-corrected chi connectivity index (χ0v) is 19.0. The minimum absolute atomic E-state index is 0.730. The van der Waals surface area contributed by atoms with Crippen LogP contribution < -0.4 is 0 Å². The summed E-state index contributed by atoms with van der Waals surface area (Å²) in [4.78, 5) is 9.72. The van der Waals surface area contributed by atoms with Crippen molar-refractivity contribution in [1.29, 1.82) is 5.26 Å². The van der Waals surface area contributed by atoms with Gasteiger partial charge in [0.05, 0.1) is 17.8 Å². The average molecular weight is 412 g/mol. The molecule has 0 atom stereocenters. The summed E-state index contributed by atoms with van der Waals surface area (Å²) in [6.45, 7) is 12.1. The van der Waals surface area contributed by atoms with E-state index in [0.29, 0.717) is 0 Å². The van der Waals surface area contributed by atoms with Gasteiger partial charge in [0.2, 0.25) is 0 Å². The maximum Gasteiger partial charge on any atom is 0.160 e. The third-order valence-electron chi connectivity index (χ3n) is 5.88. The highest BCUT2D eigenvalue weighted by Crippen LogP contribution is 2.28. The Hall–Kier alpha value is -3.39. The Bertz CT molecular complexity index is 1280. The predicted octanol–water partition coefficient (Wildman–Crippen LogP) is 5.72. The Morgan fingerprint density at radius 3 is 2.35 bits per heavy atom. The van der Waals surface area contributed by atoms with Crippen molar-refractivity contribution < 1.29 is 0 Å². The number of hydrogen-bond donors (Lipinski definition) is 0. The lowest BCUT2D eigenvalue weighted by Crippen LogP contribution is -2.06. The highest BCUT2D eigenvalue weighted by molar-refractivity contribution is 5.76. The number of aryl methyl sites for hydroxylation is 4. The van der Waals surface area contributed by atoms with Crippen molar-refractivity contribution in [2.75, 3.05) is 0 Å². The Morgan fingerprint density at radius 2 is 1.71 bits per heavy atom. The zero-order valence-electron chi connectivity index (χ0n) is 19.0. The summed E-state index contributed by atoms with van der Waals surface area (Å²) in [5.41, 5.74) is 9.28. The van der Waals surface area contributed by atoms with Gasteiger partial charge in [-0.05, 0) is 62.9 Å². The summed E-state index contributed by atoms with van der Waals surface area (Å²) < 4.78 is 4.46. The van der Waals surface area contributed by atoms with Crippen LogP contribution in [0.2, 0.25) is 0 Å². The standard InChI is InChI=1S/C26H29N5/c1-6-8-23-29-24-17(3)13-18(4)28-26(24)31(23)16-20-9-11-21(12-10-20)25-22(15-27)14-19(5)30(25)7-2/h9-14H,6-8,16H2,1-5H3. The molecule has 31 heavy (non-hydrogen) atoms. The summed E-state index contributed by atoms with van der Waals surface area (Å²) >= 11 is 0. The molecule has 0 amide bonds. The van der Waals surface area contributed by atoms with Crippen LogP contribution in [0.3, 0.4) is 0 Å². The third kappa shape index (κ3) is 3.74. The Kier molecular flexibility index (Phi) is 5.65. The third-order valence-corrected chi connectivity index (χ3v) is 5.88. The van der Waals surface area contributed by atoms with E-state index in [1.165, 1.54) is 11.1 Å². The van der Waals surface area contributed by atoms with Gasteiger partial charge in [-0.2, -0.15) is 5.26 Å².